The van der Waals surface area contributed by atoms with Gasteiger partial charge in [0.2, 0.25) is 0 Å². The molecule has 0 saturated heterocycles. The smallest absolute Gasteiger partial charge is 0.133 e. The molecule has 1 aliphatic rings. The van der Waals surface area contributed by atoms with E-state index in [1.54, 1.807) is 0 Å². The van der Waals surface area contributed by atoms with E-state index < -0.39 is 0 Å². The van der Waals surface area contributed by atoms with Crippen molar-refractivity contribution in [2.24, 2.45) is 0 Å². The number of benzene rings is 1. The fourth-order valence-electron chi connectivity index (χ4n) is 0.989. The minimum atomic E-state index is 0.0774. The molecular formula is C13H15IO. The Morgan fingerprint density at radius 3 is 2.40 bits per heavy atom. The maximum absolute atomic E-state index is 5.64. The van der Waals surface area contributed by atoms with E-state index in [2.05, 4.69) is 14.2 Å². The largest absolute Gasteiger partial charge is 0.457 e. The molecule has 1 aromatic rings. The van der Waals surface area contributed by atoms with Crippen LogP contribution >= 0.6 is 20.7 Å². The molecule has 0 aromatic heterocycles. The first-order chi connectivity index (χ1) is 7.45. The molecule has 0 bridgehead atoms. The van der Waals surface area contributed by atoms with Crippen LogP contribution in [0.25, 0.3) is 0 Å². The van der Waals surface area contributed by atoms with Crippen molar-refractivity contribution in [3.05, 3.63) is 52.3 Å². The molecular weight excluding hydrogens is 299 g/mol. The van der Waals surface area contributed by atoms with Gasteiger partial charge in [0, 0.05) is 4.01 Å². The zero-order valence-electron chi connectivity index (χ0n) is 8.98. The molecule has 0 fully saturated rings. The summed E-state index contributed by atoms with van der Waals surface area (Å²) < 4.78 is 10.0. The van der Waals surface area contributed by atoms with Gasteiger partial charge >= 0.3 is 0 Å². The van der Waals surface area contributed by atoms with Gasteiger partial charge in [0.25, 0.3) is 0 Å². The monoisotopic (exact) mass is 314 g/mol. The third-order valence-corrected chi connectivity index (χ3v) is 3.36. The zero-order chi connectivity index (χ0) is 10.9. The highest BCUT2D eigenvalue weighted by molar-refractivity contribution is 14.2. The standard InChI is InChI=1S/C11H9IO.C2H6/c1-2-5-10(6-3-1)13-11-7-4-8-12-9-11;1-2/h1-9H;1-2H3. The predicted molar refractivity (Wildman–Crippen MR) is 75.7 cm³/mol. The zero-order valence-corrected chi connectivity index (χ0v) is 11.1. The number of para-hydroxylation sites is 1. The van der Waals surface area contributed by atoms with Gasteiger partial charge in [-0.3, -0.25) is 0 Å². The van der Waals surface area contributed by atoms with E-state index in [0.717, 1.165) is 11.5 Å². The first kappa shape index (κ1) is 12.2. The van der Waals surface area contributed by atoms with Crippen molar-refractivity contribution >= 4 is 24.7 Å². The third-order valence-electron chi connectivity index (χ3n) is 1.56. The number of halogens is 1. The van der Waals surface area contributed by atoms with Crippen molar-refractivity contribution in [1.29, 1.82) is 0 Å². The summed E-state index contributed by atoms with van der Waals surface area (Å²) in [6.07, 6.45) is 4.06. The Bertz CT molecular complexity index is 363. The fourth-order valence-corrected chi connectivity index (χ4v) is 2.33. The quantitative estimate of drug-likeness (QED) is 0.741. The molecule has 0 atom stereocenters. The van der Waals surface area contributed by atoms with Crippen LogP contribution in [0.4, 0.5) is 0 Å². The molecule has 0 spiro atoms. The molecule has 0 unspecified atom stereocenters. The van der Waals surface area contributed by atoms with Gasteiger partial charge < -0.3 is 4.74 Å². The molecule has 1 aliphatic heterocycles. The van der Waals surface area contributed by atoms with Gasteiger partial charge in [-0.1, -0.05) is 58.9 Å². The molecule has 1 aromatic carbocycles. The molecule has 2 heteroatoms. The first-order valence-corrected chi connectivity index (χ1v) is 7.49. The summed E-state index contributed by atoms with van der Waals surface area (Å²) in [5.74, 6) is 1.88. The van der Waals surface area contributed by atoms with Crippen LogP contribution in [0.2, 0.25) is 0 Å². The van der Waals surface area contributed by atoms with Crippen LogP contribution in [-0.4, -0.2) is 4.01 Å². The molecule has 1 nitrogen and oxygen atoms in total. The summed E-state index contributed by atoms with van der Waals surface area (Å²) in [5, 5.41) is 0. The highest BCUT2D eigenvalue weighted by Crippen LogP contribution is 2.15. The molecule has 80 valence electrons. The third kappa shape index (κ3) is 4.42. The fraction of sp³-hybridized carbons (Fsp3) is 0.154. The minimum absolute atomic E-state index is 0.0774. The normalized spacial score (nSPS) is 13.1. The lowest BCUT2D eigenvalue weighted by molar-refractivity contribution is 0.459. The lowest BCUT2D eigenvalue weighted by atomic mass is 10.3. The average molecular weight is 314 g/mol. The Kier molecular flexibility index (Phi) is 6.00. The Morgan fingerprint density at radius 2 is 1.80 bits per heavy atom. The summed E-state index contributed by atoms with van der Waals surface area (Å²) in [6, 6.07) is 9.86. The van der Waals surface area contributed by atoms with E-state index in [1.807, 2.05) is 50.3 Å². The van der Waals surface area contributed by atoms with Crippen LogP contribution < -0.4 is 4.74 Å². The predicted octanol–water partition coefficient (Wildman–Crippen LogP) is 4.28. The minimum Gasteiger partial charge on any atom is -0.457 e. The lowest BCUT2D eigenvalue weighted by Crippen LogP contribution is -1.95. The second-order valence-electron chi connectivity index (χ2n) is 2.54. The number of hydrogen-bond donors (Lipinski definition) is 0. The molecule has 0 N–H and O–H groups in total. The Hall–Kier alpha value is -0.900. The number of rotatable bonds is 2. The molecule has 2 rings (SSSR count). The molecule has 0 aliphatic carbocycles. The maximum atomic E-state index is 5.64. The SMILES string of the molecule is C1=CI=CC(Oc2ccccc2)=C1.CC. The summed E-state index contributed by atoms with van der Waals surface area (Å²) in [6.45, 7) is 4.00. The average Bonchev–Trinajstić information content (AvgIpc) is 2.34. The highest BCUT2D eigenvalue weighted by Gasteiger charge is 1.96. The van der Waals surface area contributed by atoms with E-state index in [1.165, 1.54) is 0 Å². The van der Waals surface area contributed by atoms with E-state index in [9.17, 15) is 0 Å². The second kappa shape index (κ2) is 7.40. The van der Waals surface area contributed by atoms with E-state index >= 15 is 0 Å². The summed E-state index contributed by atoms with van der Waals surface area (Å²) in [4.78, 5) is 0. The van der Waals surface area contributed by atoms with Gasteiger partial charge in [-0.05, 0) is 22.3 Å². The molecule has 0 radical (unpaired) electrons. The molecule has 15 heavy (non-hydrogen) atoms. The van der Waals surface area contributed by atoms with Crippen LogP contribution in [0.15, 0.2) is 52.3 Å². The van der Waals surface area contributed by atoms with Crippen LogP contribution in [-0.2, 0) is 0 Å². The van der Waals surface area contributed by atoms with Crippen molar-refractivity contribution in [2.75, 3.05) is 0 Å². The number of hydrogen-bond acceptors (Lipinski definition) is 1. The number of allylic oxidation sites excluding steroid dienone is 3. The highest BCUT2D eigenvalue weighted by atomic mass is 127. The number of ether oxygens (including phenoxy) is 1. The maximum Gasteiger partial charge on any atom is 0.133 e. The van der Waals surface area contributed by atoms with Gasteiger partial charge in [-0.15, -0.1) is 0 Å². The Morgan fingerprint density at radius 1 is 1.07 bits per heavy atom. The van der Waals surface area contributed by atoms with Gasteiger partial charge in [0.15, 0.2) is 0 Å². The van der Waals surface area contributed by atoms with Gasteiger partial charge in [0.05, 0.1) is 0 Å². The van der Waals surface area contributed by atoms with Gasteiger partial charge in [-0.25, -0.2) is 0 Å². The van der Waals surface area contributed by atoms with Crippen LogP contribution in [0, 0.1) is 0 Å². The lowest BCUT2D eigenvalue weighted by Gasteiger charge is -2.05. The Labute approximate surface area is 101 Å². The van der Waals surface area contributed by atoms with E-state index in [0.29, 0.717) is 0 Å². The van der Waals surface area contributed by atoms with Crippen molar-refractivity contribution in [3.63, 3.8) is 0 Å². The van der Waals surface area contributed by atoms with Crippen molar-refractivity contribution in [2.45, 2.75) is 13.8 Å². The summed E-state index contributed by atoms with van der Waals surface area (Å²) in [5.41, 5.74) is 0. The van der Waals surface area contributed by atoms with Crippen molar-refractivity contribution in [3.8, 4) is 5.75 Å². The van der Waals surface area contributed by atoms with Crippen LogP contribution in [0.3, 0.4) is 0 Å². The molecule has 1 heterocycles. The van der Waals surface area contributed by atoms with Gasteiger partial charge in [0.1, 0.15) is 11.5 Å². The summed E-state index contributed by atoms with van der Waals surface area (Å²) in [7, 11) is 0. The Balaban J connectivity index is 0.000000531. The van der Waals surface area contributed by atoms with Gasteiger partial charge in [-0.2, -0.15) is 0 Å². The van der Waals surface area contributed by atoms with E-state index in [-0.39, 0.29) is 20.7 Å². The van der Waals surface area contributed by atoms with E-state index in [4.69, 9.17) is 4.74 Å². The molecule has 0 saturated carbocycles. The topological polar surface area (TPSA) is 9.23 Å². The van der Waals surface area contributed by atoms with Crippen LogP contribution in [0.5, 0.6) is 5.75 Å². The van der Waals surface area contributed by atoms with Crippen molar-refractivity contribution in [1.82, 2.24) is 0 Å². The summed E-state index contributed by atoms with van der Waals surface area (Å²) >= 11 is 0.0774. The van der Waals surface area contributed by atoms with Crippen molar-refractivity contribution < 1.29 is 4.74 Å². The van der Waals surface area contributed by atoms with Crippen LogP contribution in [0.1, 0.15) is 13.8 Å². The first-order valence-electron chi connectivity index (χ1n) is 5.00. The second-order valence-corrected chi connectivity index (χ2v) is 4.60. The molecule has 0 amide bonds.